The van der Waals surface area contributed by atoms with Gasteiger partial charge in [0.2, 0.25) is 15.9 Å². The molecular weight excluding hydrogens is 340 g/mol. The van der Waals surface area contributed by atoms with Gasteiger partial charge in [0.15, 0.2) is 0 Å². The van der Waals surface area contributed by atoms with Crippen LogP contribution in [0.1, 0.15) is 13.3 Å². The Bertz CT molecular complexity index is 691. The summed E-state index contributed by atoms with van der Waals surface area (Å²) in [5, 5.41) is 2.78. The zero-order chi connectivity index (χ0) is 18.4. The third kappa shape index (κ3) is 5.17. The first kappa shape index (κ1) is 19.7. The SMILES string of the molecule is CCNC(=O)CN1CCCN(S(=O)(=O)c2cccc(N(C)C)c2)CC1. The summed E-state index contributed by atoms with van der Waals surface area (Å²) in [6.45, 7) is 4.96. The molecular formula is C17H28N4O3S. The van der Waals surface area contributed by atoms with E-state index >= 15 is 0 Å². The number of benzene rings is 1. The third-order valence-electron chi connectivity index (χ3n) is 4.26. The van der Waals surface area contributed by atoms with E-state index in [0.29, 0.717) is 44.0 Å². The van der Waals surface area contributed by atoms with E-state index < -0.39 is 10.0 Å². The van der Waals surface area contributed by atoms with Crippen molar-refractivity contribution >= 4 is 21.6 Å². The summed E-state index contributed by atoms with van der Waals surface area (Å²) < 4.78 is 27.4. The number of carbonyl (C=O) groups excluding carboxylic acids is 1. The molecule has 8 heteroatoms. The van der Waals surface area contributed by atoms with Crippen molar-refractivity contribution in [3.05, 3.63) is 24.3 Å². The largest absolute Gasteiger partial charge is 0.378 e. The van der Waals surface area contributed by atoms with Gasteiger partial charge in [0.1, 0.15) is 0 Å². The Balaban J connectivity index is 2.08. The Kier molecular flexibility index (Phi) is 6.80. The molecule has 1 aromatic rings. The molecule has 1 aliphatic heterocycles. The molecule has 0 saturated carbocycles. The van der Waals surface area contributed by atoms with Crippen molar-refractivity contribution in [1.82, 2.24) is 14.5 Å². The summed E-state index contributed by atoms with van der Waals surface area (Å²) in [7, 11) is 0.248. The number of amides is 1. The van der Waals surface area contributed by atoms with Gasteiger partial charge >= 0.3 is 0 Å². The summed E-state index contributed by atoms with van der Waals surface area (Å²) in [4.78, 5) is 15.9. The summed E-state index contributed by atoms with van der Waals surface area (Å²) >= 11 is 0. The molecule has 0 aliphatic carbocycles. The second kappa shape index (κ2) is 8.64. The van der Waals surface area contributed by atoms with E-state index in [-0.39, 0.29) is 5.91 Å². The average Bonchev–Trinajstić information content (AvgIpc) is 2.81. The molecule has 0 aromatic heterocycles. The van der Waals surface area contributed by atoms with Gasteiger partial charge in [-0.3, -0.25) is 9.69 Å². The summed E-state index contributed by atoms with van der Waals surface area (Å²) in [6.07, 6.45) is 0.714. The van der Waals surface area contributed by atoms with E-state index in [0.717, 1.165) is 12.2 Å². The van der Waals surface area contributed by atoms with Crippen molar-refractivity contribution < 1.29 is 13.2 Å². The van der Waals surface area contributed by atoms with Gasteiger partial charge in [-0.2, -0.15) is 4.31 Å². The molecule has 0 atom stereocenters. The number of nitrogens with zero attached hydrogens (tertiary/aromatic N) is 3. The number of carbonyl (C=O) groups is 1. The molecule has 1 aliphatic rings. The number of likely N-dealkylation sites (N-methyl/N-ethyl adjacent to an activating group) is 1. The van der Waals surface area contributed by atoms with Gasteiger partial charge in [-0.15, -0.1) is 0 Å². The monoisotopic (exact) mass is 368 g/mol. The molecule has 1 amide bonds. The second-order valence-corrected chi connectivity index (χ2v) is 8.32. The molecule has 1 heterocycles. The molecule has 7 nitrogen and oxygen atoms in total. The fraction of sp³-hybridized carbons (Fsp3) is 0.588. The molecule has 1 N–H and O–H groups in total. The Morgan fingerprint density at radius 3 is 2.64 bits per heavy atom. The first-order valence-corrected chi connectivity index (χ1v) is 10.0. The smallest absolute Gasteiger partial charge is 0.243 e. The van der Waals surface area contributed by atoms with E-state index in [9.17, 15) is 13.2 Å². The minimum absolute atomic E-state index is 0.0162. The van der Waals surface area contributed by atoms with Crippen LogP contribution in [-0.2, 0) is 14.8 Å². The minimum atomic E-state index is -3.52. The standard InChI is InChI=1S/C17H28N4O3S/c1-4-18-17(22)14-20-9-6-10-21(12-11-20)25(23,24)16-8-5-7-15(13-16)19(2)3/h5,7-8,13H,4,6,9-12,14H2,1-3H3,(H,18,22). The molecule has 0 radical (unpaired) electrons. The molecule has 1 aromatic carbocycles. The number of nitrogens with one attached hydrogen (secondary N) is 1. The Hall–Kier alpha value is -1.64. The van der Waals surface area contributed by atoms with Crippen LogP contribution >= 0.6 is 0 Å². The highest BCUT2D eigenvalue weighted by molar-refractivity contribution is 7.89. The van der Waals surface area contributed by atoms with Crippen LogP contribution in [0.25, 0.3) is 0 Å². The van der Waals surface area contributed by atoms with Gasteiger partial charge in [-0.1, -0.05) is 6.07 Å². The highest BCUT2D eigenvalue weighted by Crippen LogP contribution is 2.22. The summed E-state index contributed by atoms with van der Waals surface area (Å²) in [5.41, 5.74) is 0.855. The van der Waals surface area contributed by atoms with Gasteiger partial charge in [0, 0.05) is 46.0 Å². The Morgan fingerprint density at radius 1 is 1.20 bits per heavy atom. The van der Waals surface area contributed by atoms with Gasteiger partial charge < -0.3 is 10.2 Å². The molecule has 1 fully saturated rings. The van der Waals surface area contributed by atoms with Gasteiger partial charge in [0.25, 0.3) is 0 Å². The minimum Gasteiger partial charge on any atom is -0.378 e. The maximum atomic E-state index is 13.0. The van der Waals surface area contributed by atoms with Crippen LogP contribution in [0.5, 0.6) is 0 Å². The van der Waals surface area contributed by atoms with Gasteiger partial charge in [-0.25, -0.2) is 8.42 Å². The van der Waals surface area contributed by atoms with E-state index in [2.05, 4.69) is 5.32 Å². The lowest BCUT2D eigenvalue weighted by Crippen LogP contribution is -2.40. The van der Waals surface area contributed by atoms with E-state index in [1.54, 1.807) is 18.2 Å². The van der Waals surface area contributed by atoms with Crippen LogP contribution in [0.15, 0.2) is 29.2 Å². The van der Waals surface area contributed by atoms with Crippen molar-refractivity contribution in [3.63, 3.8) is 0 Å². The highest BCUT2D eigenvalue weighted by Gasteiger charge is 2.27. The van der Waals surface area contributed by atoms with Crippen molar-refractivity contribution in [2.45, 2.75) is 18.2 Å². The average molecular weight is 369 g/mol. The maximum absolute atomic E-state index is 13.0. The lowest BCUT2D eigenvalue weighted by Gasteiger charge is -2.22. The molecule has 140 valence electrons. The van der Waals surface area contributed by atoms with Crippen LogP contribution in [0.4, 0.5) is 5.69 Å². The summed E-state index contributed by atoms with van der Waals surface area (Å²) in [5.74, 6) is -0.0162. The van der Waals surface area contributed by atoms with Crippen LogP contribution in [0, 0.1) is 0 Å². The van der Waals surface area contributed by atoms with Crippen LogP contribution in [-0.4, -0.2) is 76.9 Å². The first-order chi connectivity index (χ1) is 11.8. The van der Waals surface area contributed by atoms with Gasteiger partial charge in [-0.05, 0) is 38.1 Å². The maximum Gasteiger partial charge on any atom is 0.243 e. The predicted molar refractivity (Wildman–Crippen MR) is 99.3 cm³/mol. The quantitative estimate of drug-likeness (QED) is 0.795. The molecule has 2 rings (SSSR count). The van der Waals surface area contributed by atoms with Crippen LogP contribution < -0.4 is 10.2 Å². The normalized spacial score (nSPS) is 17.1. The first-order valence-electron chi connectivity index (χ1n) is 8.61. The fourth-order valence-electron chi connectivity index (χ4n) is 2.87. The topological polar surface area (TPSA) is 73.0 Å². The number of rotatable bonds is 6. The lowest BCUT2D eigenvalue weighted by atomic mass is 10.3. The molecule has 0 spiro atoms. The Labute approximate surface area is 150 Å². The van der Waals surface area contributed by atoms with E-state index in [1.807, 2.05) is 36.9 Å². The highest BCUT2D eigenvalue weighted by atomic mass is 32.2. The van der Waals surface area contributed by atoms with Crippen molar-refractivity contribution in [2.75, 3.05) is 58.3 Å². The second-order valence-electron chi connectivity index (χ2n) is 6.38. The zero-order valence-corrected chi connectivity index (χ0v) is 16.1. The Morgan fingerprint density at radius 2 is 1.96 bits per heavy atom. The van der Waals surface area contributed by atoms with E-state index in [1.165, 1.54) is 4.31 Å². The number of sulfonamides is 1. The van der Waals surface area contributed by atoms with Crippen molar-refractivity contribution in [3.8, 4) is 0 Å². The predicted octanol–water partition coefficient (Wildman–Crippen LogP) is 0.585. The number of hydrogen-bond acceptors (Lipinski definition) is 5. The van der Waals surface area contributed by atoms with Crippen LogP contribution in [0.2, 0.25) is 0 Å². The molecule has 0 bridgehead atoms. The van der Waals surface area contributed by atoms with Gasteiger partial charge in [0.05, 0.1) is 11.4 Å². The zero-order valence-electron chi connectivity index (χ0n) is 15.2. The molecule has 0 unspecified atom stereocenters. The molecule has 1 saturated heterocycles. The van der Waals surface area contributed by atoms with Crippen LogP contribution in [0.3, 0.4) is 0 Å². The number of anilines is 1. The third-order valence-corrected chi connectivity index (χ3v) is 6.16. The van der Waals surface area contributed by atoms with Crippen molar-refractivity contribution in [2.24, 2.45) is 0 Å². The number of hydrogen-bond donors (Lipinski definition) is 1. The van der Waals surface area contributed by atoms with Crippen molar-refractivity contribution in [1.29, 1.82) is 0 Å². The molecule has 25 heavy (non-hydrogen) atoms. The summed E-state index contributed by atoms with van der Waals surface area (Å²) in [6, 6.07) is 6.99. The fourth-order valence-corrected chi connectivity index (χ4v) is 4.38. The van der Waals surface area contributed by atoms with E-state index in [4.69, 9.17) is 0 Å². The lowest BCUT2D eigenvalue weighted by molar-refractivity contribution is -0.122.